The zero-order valence-electron chi connectivity index (χ0n) is 11.4. The van der Waals surface area contributed by atoms with Crippen LogP contribution in [0.4, 0.5) is 5.82 Å². The number of hydrazine groups is 1. The highest BCUT2D eigenvalue weighted by atomic mass is 35.5. The van der Waals surface area contributed by atoms with Gasteiger partial charge in [-0.1, -0.05) is 41.9 Å². The predicted octanol–water partition coefficient (Wildman–Crippen LogP) is 3.39. The van der Waals surface area contributed by atoms with Gasteiger partial charge in [-0.05, 0) is 24.6 Å². The van der Waals surface area contributed by atoms with E-state index < -0.39 is 0 Å². The third kappa shape index (κ3) is 2.04. The quantitative estimate of drug-likeness (QED) is 0.820. The minimum absolute atomic E-state index is 0.234. The number of hydrogen-bond donors (Lipinski definition) is 1. The summed E-state index contributed by atoms with van der Waals surface area (Å²) in [5.41, 5.74) is 6.23. The first-order chi connectivity index (χ1) is 10.2. The SMILES string of the molecule is CC1C=C2N=Cc3cc(-c4ccccc4)c(Cl)nc3N2N1. The van der Waals surface area contributed by atoms with Crippen molar-refractivity contribution in [3.05, 3.63) is 59.0 Å². The van der Waals surface area contributed by atoms with Crippen LogP contribution in [0.5, 0.6) is 0 Å². The number of nitrogens with one attached hydrogen (secondary N) is 1. The number of nitrogens with zero attached hydrogens (tertiary/aromatic N) is 3. The Balaban J connectivity index is 1.85. The van der Waals surface area contributed by atoms with Crippen molar-refractivity contribution < 1.29 is 0 Å². The summed E-state index contributed by atoms with van der Waals surface area (Å²) in [6.07, 6.45) is 3.90. The maximum absolute atomic E-state index is 6.39. The molecule has 21 heavy (non-hydrogen) atoms. The van der Waals surface area contributed by atoms with Crippen molar-refractivity contribution in [2.75, 3.05) is 5.01 Å². The Labute approximate surface area is 127 Å². The molecule has 3 heterocycles. The molecule has 1 aromatic carbocycles. The zero-order chi connectivity index (χ0) is 14.4. The molecule has 0 amide bonds. The molecule has 0 fully saturated rings. The summed E-state index contributed by atoms with van der Waals surface area (Å²) in [7, 11) is 0. The number of anilines is 1. The van der Waals surface area contributed by atoms with Crippen LogP contribution in [-0.2, 0) is 0 Å². The Morgan fingerprint density at radius 3 is 2.86 bits per heavy atom. The molecule has 0 spiro atoms. The van der Waals surface area contributed by atoms with Crippen LogP contribution in [0.25, 0.3) is 11.1 Å². The molecule has 2 aliphatic heterocycles. The summed E-state index contributed by atoms with van der Waals surface area (Å²) in [5, 5.41) is 2.39. The first-order valence-corrected chi connectivity index (χ1v) is 7.18. The molecule has 1 atom stereocenters. The van der Waals surface area contributed by atoms with Gasteiger partial charge in [-0.2, -0.15) is 0 Å². The summed E-state index contributed by atoms with van der Waals surface area (Å²) in [4.78, 5) is 9.03. The van der Waals surface area contributed by atoms with E-state index in [-0.39, 0.29) is 6.04 Å². The molecule has 1 N–H and O–H groups in total. The van der Waals surface area contributed by atoms with Gasteiger partial charge in [-0.3, -0.25) is 0 Å². The molecule has 0 saturated carbocycles. The fourth-order valence-electron chi connectivity index (χ4n) is 2.60. The molecule has 1 unspecified atom stereocenters. The normalized spacial score (nSPS) is 19.2. The number of halogens is 1. The van der Waals surface area contributed by atoms with Gasteiger partial charge in [0.2, 0.25) is 0 Å². The molecule has 4 nitrogen and oxygen atoms in total. The van der Waals surface area contributed by atoms with Crippen molar-refractivity contribution in [2.24, 2.45) is 4.99 Å². The Morgan fingerprint density at radius 1 is 1.24 bits per heavy atom. The Morgan fingerprint density at radius 2 is 2.05 bits per heavy atom. The fraction of sp³-hybridized carbons (Fsp3) is 0.125. The van der Waals surface area contributed by atoms with E-state index >= 15 is 0 Å². The molecule has 4 rings (SSSR count). The third-order valence-corrected chi connectivity index (χ3v) is 3.87. The fourth-order valence-corrected chi connectivity index (χ4v) is 2.85. The smallest absolute Gasteiger partial charge is 0.159 e. The van der Waals surface area contributed by atoms with Crippen LogP contribution in [0.3, 0.4) is 0 Å². The number of fused-ring (bicyclic) bond motifs is 3. The third-order valence-electron chi connectivity index (χ3n) is 3.58. The standard InChI is InChI=1S/C16H13ClN4/c1-10-7-14-18-9-12-8-13(11-5-3-2-4-6-11)15(17)19-16(12)21(14)20-10/h2-10,20H,1H3. The van der Waals surface area contributed by atoms with Crippen molar-refractivity contribution in [3.8, 4) is 11.1 Å². The van der Waals surface area contributed by atoms with Crippen LogP contribution in [0.1, 0.15) is 12.5 Å². The first kappa shape index (κ1) is 12.6. The molecule has 1 aromatic heterocycles. The van der Waals surface area contributed by atoms with Gasteiger partial charge in [0.15, 0.2) is 5.82 Å². The second kappa shape index (κ2) is 4.69. The Bertz CT molecular complexity index is 767. The lowest BCUT2D eigenvalue weighted by Gasteiger charge is -2.25. The molecular formula is C16H13ClN4. The topological polar surface area (TPSA) is 40.5 Å². The number of aliphatic imine (C=N–C) groups is 1. The molecule has 0 aliphatic carbocycles. The molecule has 2 aliphatic rings. The molecule has 0 saturated heterocycles. The number of pyridine rings is 1. The summed E-state index contributed by atoms with van der Waals surface area (Å²) in [6, 6.07) is 12.3. The van der Waals surface area contributed by atoms with E-state index in [1.54, 1.807) is 0 Å². The molecule has 0 radical (unpaired) electrons. The summed E-state index contributed by atoms with van der Waals surface area (Å²) >= 11 is 6.39. The van der Waals surface area contributed by atoms with Crippen LogP contribution in [0.2, 0.25) is 5.15 Å². The highest BCUT2D eigenvalue weighted by Crippen LogP contribution is 2.34. The van der Waals surface area contributed by atoms with Crippen LogP contribution in [0, 0.1) is 0 Å². The van der Waals surface area contributed by atoms with E-state index in [1.807, 2.05) is 47.6 Å². The average molecular weight is 297 g/mol. The van der Waals surface area contributed by atoms with Gasteiger partial charge in [0.25, 0.3) is 0 Å². The van der Waals surface area contributed by atoms with Crippen LogP contribution in [-0.4, -0.2) is 17.2 Å². The molecule has 5 heteroatoms. The number of hydrogen-bond acceptors (Lipinski definition) is 4. The number of rotatable bonds is 1. The average Bonchev–Trinajstić information content (AvgIpc) is 2.88. The maximum Gasteiger partial charge on any atom is 0.159 e. The second-order valence-electron chi connectivity index (χ2n) is 5.14. The van der Waals surface area contributed by atoms with Gasteiger partial charge in [-0.25, -0.2) is 20.4 Å². The van der Waals surface area contributed by atoms with Crippen molar-refractivity contribution in [1.29, 1.82) is 0 Å². The zero-order valence-corrected chi connectivity index (χ0v) is 12.2. The minimum atomic E-state index is 0.234. The highest BCUT2D eigenvalue weighted by molar-refractivity contribution is 6.32. The van der Waals surface area contributed by atoms with Gasteiger partial charge in [0, 0.05) is 23.4 Å². The largest absolute Gasteiger partial charge is 0.241 e. The highest BCUT2D eigenvalue weighted by Gasteiger charge is 2.27. The number of aromatic nitrogens is 1. The Kier molecular flexibility index (Phi) is 2.80. The van der Waals surface area contributed by atoms with Gasteiger partial charge in [0.05, 0.1) is 0 Å². The predicted molar refractivity (Wildman–Crippen MR) is 85.4 cm³/mol. The molecule has 104 valence electrons. The summed E-state index contributed by atoms with van der Waals surface area (Å²) in [6.45, 7) is 2.07. The molecule has 2 aromatic rings. The van der Waals surface area contributed by atoms with E-state index in [4.69, 9.17) is 11.6 Å². The van der Waals surface area contributed by atoms with Crippen molar-refractivity contribution in [1.82, 2.24) is 10.4 Å². The van der Waals surface area contributed by atoms with Crippen molar-refractivity contribution in [3.63, 3.8) is 0 Å². The lowest BCUT2D eigenvalue weighted by Crippen LogP contribution is -2.38. The lowest BCUT2D eigenvalue weighted by molar-refractivity contribution is 0.664. The minimum Gasteiger partial charge on any atom is -0.241 e. The van der Waals surface area contributed by atoms with Crippen LogP contribution < -0.4 is 10.4 Å². The van der Waals surface area contributed by atoms with E-state index in [2.05, 4.69) is 28.4 Å². The summed E-state index contributed by atoms with van der Waals surface area (Å²) in [5.74, 6) is 1.66. The van der Waals surface area contributed by atoms with Gasteiger partial charge < -0.3 is 0 Å². The summed E-state index contributed by atoms with van der Waals surface area (Å²) < 4.78 is 0. The van der Waals surface area contributed by atoms with Crippen molar-refractivity contribution >= 4 is 23.6 Å². The second-order valence-corrected chi connectivity index (χ2v) is 5.50. The van der Waals surface area contributed by atoms with Crippen molar-refractivity contribution in [2.45, 2.75) is 13.0 Å². The Hall–Kier alpha value is -2.17. The van der Waals surface area contributed by atoms with E-state index in [1.165, 1.54) is 0 Å². The lowest BCUT2D eigenvalue weighted by atomic mass is 10.1. The maximum atomic E-state index is 6.39. The van der Waals surface area contributed by atoms with E-state index in [9.17, 15) is 0 Å². The van der Waals surface area contributed by atoms with Gasteiger partial charge in [0.1, 0.15) is 11.0 Å². The monoisotopic (exact) mass is 296 g/mol. The number of benzene rings is 1. The van der Waals surface area contributed by atoms with Crippen LogP contribution in [0.15, 0.2) is 53.3 Å². The van der Waals surface area contributed by atoms with Crippen LogP contribution >= 0.6 is 11.6 Å². The van der Waals surface area contributed by atoms with E-state index in [0.717, 1.165) is 28.3 Å². The first-order valence-electron chi connectivity index (χ1n) is 6.80. The molecular weight excluding hydrogens is 284 g/mol. The molecule has 0 bridgehead atoms. The van der Waals surface area contributed by atoms with Gasteiger partial charge >= 0.3 is 0 Å². The van der Waals surface area contributed by atoms with E-state index in [0.29, 0.717) is 5.15 Å². The van der Waals surface area contributed by atoms with Gasteiger partial charge in [-0.15, -0.1) is 0 Å².